The van der Waals surface area contributed by atoms with E-state index >= 15 is 0 Å². The van der Waals surface area contributed by atoms with E-state index in [1.54, 1.807) is 24.9 Å². The molecule has 2 aromatic carbocycles. The van der Waals surface area contributed by atoms with Gasteiger partial charge in [0.1, 0.15) is 0 Å². The predicted molar refractivity (Wildman–Crippen MR) is 130 cm³/mol. The Bertz CT molecular complexity index is 1060. The minimum Gasteiger partial charge on any atom is -0.383 e. The Hall–Kier alpha value is -2.60. The van der Waals surface area contributed by atoms with Gasteiger partial charge in [-0.1, -0.05) is 65.8 Å². The molecule has 0 aromatic heterocycles. The zero-order valence-corrected chi connectivity index (χ0v) is 19.2. The standard InChI is InChI=1S/C25H25ClN2O2S/c1-4-18(25(29)27-14-15-30-3)12-13-22-17(2)31-23-11-6-5-10-21(23)24(28-22)19-8-7-9-20(26)16-19/h4-13,16,18H,1,14-15H2,2-3H3,(H,27,29). The monoisotopic (exact) mass is 452 g/mol. The number of ether oxygens (including phenoxy) is 1. The molecule has 1 aliphatic heterocycles. The first kappa shape index (κ1) is 23.1. The molecule has 0 fully saturated rings. The summed E-state index contributed by atoms with van der Waals surface area (Å²) >= 11 is 7.92. The Balaban J connectivity index is 1.97. The van der Waals surface area contributed by atoms with Gasteiger partial charge in [0.05, 0.1) is 23.9 Å². The van der Waals surface area contributed by atoms with Gasteiger partial charge in [-0.05, 0) is 31.2 Å². The maximum absolute atomic E-state index is 12.4. The number of aliphatic imine (C=N–C) groups is 1. The van der Waals surface area contributed by atoms with E-state index in [1.807, 2.05) is 55.5 Å². The van der Waals surface area contributed by atoms with Crippen LogP contribution in [0.25, 0.3) is 0 Å². The van der Waals surface area contributed by atoms with Gasteiger partial charge in [-0.25, -0.2) is 4.99 Å². The van der Waals surface area contributed by atoms with Crippen molar-refractivity contribution in [2.75, 3.05) is 20.3 Å². The SMILES string of the molecule is C=CC(C=CC1=C(C)Sc2ccccc2C(c2cccc(Cl)c2)=N1)C(=O)NCCOC. The molecule has 1 amide bonds. The van der Waals surface area contributed by atoms with E-state index in [1.165, 1.54) is 0 Å². The minimum atomic E-state index is -0.461. The average Bonchev–Trinajstić information content (AvgIpc) is 2.90. The molecule has 0 spiro atoms. The van der Waals surface area contributed by atoms with Crippen LogP contribution in [0, 0.1) is 5.92 Å². The number of nitrogens with one attached hydrogen (secondary N) is 1. The minimum absolute atomic E-state index is 0.120. The zero-order valence-electron chi connectivity index (χ0n) is 17.6. The van der Waals surface area contributed by atoms with Crippen LogP contribution < -0.4 is 5.32 Å². The van der Waals surface area contributed by atoms with E-state index in [0.717, 1.165) is 32.3 Å². The summed E-state index contributed by atoms with van der Waals surface area (Å²) in [6.07, 6.45) is 5.33. The quantitative estimate of drug-likeness (QED) is 0.416. The van der Waals surface area contributed by atoms with E-state index in [9.17, 15) is 4.79 Å². The van der Waals surface area contributed by atoms with E-state index in [4.69, 9.17) is 21.3 Å². The highest BCUT2D eigenvalue weighted by atomic mass is 35.5. The van der Waals surface area contributed by atoms with Gasteiger partial charge < -0.3 is 10.1 Å². The van der Waals surface area contributed by atoms with E-state index in [0.29, 0.717) is 18.2 Å². The number of allylic oxidation sites excluding steroid dienone is 2. The van der Waals surface area contributed by atoms with Crippen LogP contribution in [0.15, 0.2) is 93.8 Å². The number of carbonyl (C=O) groups excluding carboxylic acids is 1. The molecule has 2 aromatic rings. The molecule has 0 aliphatic carbocycles. The number of halogens is 1. The van der Waals surface area contributed by atoms with Crippen LogP contribution in [-0.2, 0) is 9.53 Å². The summed E-state index contributed by atoms with van der Waals surface area (Å²) in [5, 5.41) is 3.50. The lowest BCUT2D eigenvalue weighted by molar-refractivity contribution is -0.122. The Morgan fingerprint density at radius 3 is 2.84 bits per heavy atom. The van der Waals surface area contributed by atoms with Crippen molar-refractivity contribution < 1.29 is 9.53 Å². The zero-order chi connectivity index (χ0) is 22.2. The Labute approximate surface area is 192 Å². The number of hydrogen-bond donors (Lipinski definition) is 1. The largest absolute Gasteiger partial charge is 0.383 e. The van der Waals surface area contributed by atoms with Gasteiger partial charge in [0.2, 0.25) is 5.91 Å². The predicted octanol–water partition coefficient (Wildman–Crippen LogP) is 5.64. The second-order valence-electron chi connectivity index (χ2n) is 6.91. The summed E-state index contributed by atoms with van der Waals surface area (Å²) in [4.78, 5) is 19.6. The first-order valence-electron chi connectivity index (χ1n) is 9.93. The molecule has 0 saturated heterocycles. The third kappa shape index (κ3) is 5.97. The number of thioether (sulfide) groups is 1. The summed E-state index contributed by atoms with van der Waals surface area (Å²) in [5.74, 6) is -0.581. The van der Waals surface area contributed by atoms with Gasteiger partial charge in [-0.2, -0.15) is 0 Å². The summed E-state index contributed by atoms with van der Waals surface area (Å²) in [6, 6.07) is 15.9. The molecular formula is C25H25ClN2O2S. The molecule has 1 aliphatic rings. The van der Waals surface area contributed by atoms with Crippen LogP contribution in [0.4, 0.5) is 0 Å². The van der Waals surface area contributed by atoms with Crippen molar-refractivity contribution in [3.63, 3.8) is 0 Å². The lowest BCUT2D eigenvalue weighted by Gasteiger charge is -2.10. The second-order valence-corrected chi connectivity index (χ2v) is 8.61. The van der Waals surface area contributed by atoms with Crippen molar-refractivity contribution in [1.29, 1.82) is 0 Å². The van der Waals surface area contributed by atoms with Gasteiger partial charge in [0.15, 0.2) is 0 Å². The fourth-order valence-electron chi connectivity index (χ4n) is 3.10. The third-order valence-electron chi connectivity index (χ3n) is 4.72. The first-order valence-corrected chi connectivity index (χ1v) is 11.1. The summed E-state index contributed by atoms with van der Waals surface area (Å²) in [7, 11) is 1.60. The van der Waals surface area contributed by atoms with Crippen LogP contribution in [0.3, 0.4) is 0 Å². The van der Waals surface area contributed by atoms with Gasteiger partial charge in [-0.15, -0.1) is 6.58 Å². The number of carbonyl (C=O) groups is 1. The van der Waals surface area contributed by atoms with Crippen LogP contribution >= 0.6 is 23.4 Å². The molecule has 3 rings (SSSR count). The lowest BCUT2D eigenvalue weighted by atomic mass is 10.0. The molecule has 0 saturated carbocycles. The Morgan fingerprint density at radius 2 is 2.10 bits per heavy atom. The molecule has 4 nitrogen and oxygen atoms in total. The highest BCUT2D eigenvalue weighted by Gasteiger charge is 2.18. The molecule has 1 N–H and O–H groups in total. The van der Waals surface area contributed by atoms with Crippen LogP contribution in [0.5, 0.6) is 0 Å². The number of nitrogens with zero attached hydrogens (tertiary/aromatic N) is 1. The average molecular weight is 453 g/mol. The summed E-state index contributed by atoms with van der Waals surface area (Å²) in [6.45, 7) is 6.76. The number of fused-ring (bicyclic) bond motifs is 1. The van der Waals surface area contributed by atoms with Gasteiger partial charge in [-0.3, -0.25) is 4.79 Å². The number of benzene rings is 2. The van der Waals surface area contributed by atoms with Crippen molar-refractivity contribution in [2.24, 2.45) is 10.9 Å². The molecule has 1 unspecified atom stereocenters. The summed E-state index contributed by atoms with van der Waals surface area (Å²) in [5.41, 5.74) is 3.64. The van der Waals surface area contributed by atoms with Crippen molar-refractivity contribution in [2.45, 2.75) is 11.8 Å². The first-order chi connectivity index (χ1) is 15.0. The number of amides is 1. The topological polar surface area (TPSA) is 50.7 Å². The Kier molecular flexibility index (Phi) is 8.29. The smallest absolute Gasteiger partial charge is 0.230 e. The maximum Gasteiger partial charge on any atom is 0.230 e. The van der Waals surface area contributed by atoms with E-state index in [-0.39, 0.29) is 5.91 Å². The van der Waals surface area contributed by atoms with Gasteiger partial charge >= 0.3 is 0 Å². The molecule has 31 heavy (non-hydrogen) atoms. The van der Waals surface area contributed by atoms with Crippen LogP contribution in [0.1, 0.15) is 18.1 Å². The van der Waals surface area contributed by atoms with Crippen molar-refractivity contribution in [3.8, 4) is 0 Å². The molecule has 1 heterocycles. The second kappa shape index (κ2) is 11.1. The molecule has 0 bridgehead atoms. The maximum atomic E-state index is 12.4. The molecular weight excluding hydrogens is 428 g/mol. The molecule has 160 valence electrons. The van der Waals surface area contributed by atoms with Gasteiger partial charge in [0, 0.05) is 39.6 Å². The Morgan fingerprint density at radius 1 is 1.29 bits per heavy atom. The van der Waals surface area contributed by atoms with E-state index in [2.05, 4.69) is 24.0 Å². The fraction of sp³-hybridized carbons (Fsp3) is 0.200. The number of hydrogen-bond acceptors (Lipinski definition) is 4. The summed E-state index contributed by atoms with van der Waals surface area (Å²) < 4.78 is 4.99. The highest BCUT2D eigenvalue weighted by Crippen LogP contribution is 2.37. The molecule has 0 radical (unpaired) electrons. The third-order valence-corrected chi connectivity index (χ3v) is 6.05. The van der Waals surface area contributed by atoms with Crippen molar-refractivity contribution >= 4 is 35.0 Å². The van der Waals surface area contributed by atoms with Gasteiger partial charge in [0.25, 0.3) is 0 Å². The van der Waals surface area contributed by atoms with Crippen LogP contribution in [-0.4, -0.2) is 31.9 Å². The van der Waals surface area contributed by atoms with E-state index < -0.39 is 5.92 Å². The highest BCUT2D eigenvalue weighted by molar-refractivity contribution is 8.03. The normalized spacial score (nSPS) is 14.6. The molecule has 6 heteroatoms. The van der Waals surface area contributed by atoms with Crippen molar-refractivity contribution in [3.05, 3.63) is 100 Å². The van der Waals surface area contributed by atoms with Crippen molar-refractivity contribution in [1.82, 2.24) is 5.32 Å². The number of methoxy groups -OCH3 is 1. The fourth-order valence-corrected chi connectivity index (χ4v) is 4.26. The number of rotatable bonds is 8. The molecule has 1 atom stereocenters. The van der Waals surface area contributed by atoms with Crippen LogP contribution in [0.2, 0.25) is 5.02 Å². The lowest BCUT2D eigenvalue weighted by Crippen LogP contribution is -2.31.